The molecular weight excluding hydrogens is 486 g/mol. The third-order valence-corrected chi connectivity index (χ3v) is 7.49. The number of nitrogens with one attached hydrogen (secondary N) is 3. The number of benzene rings is 2. The maximum atomic E-state index is 14.4. The third kappa shape index (κ3) is 5.05. The fourth-order valence-electron chi connectivity index (χ4n) is 5.59. The molecule has 1 aliphatic carbocycles. The van der Waals surface area contributed by atoms with Gasteiger partial charge in [0.15, 0.2) is 5.82 Å². The number of hydrogen-bond donors (Lipinski definition) is 3. The van der Waals surface area contributed by atoms with Crippen LogP contribution in [0.3, 0.4) is 0 Å². The predicted octanol–water partition coefficient (Wildman–Crippen LogP) is 6.10. The van der Waals surface area contributed by atoms with Crippen molar-refractivity contribution in [3.05, 3.63) is 66.4 Å². The number of H-pyrrole nitrogens is 1. The van der Waals surface area contributed by atoms with Gasteiger partial charge >= 0.3 is 6.03 Å². The lowest BCUT2D eigenvalue weighted by molar-refractivity contribution is 0.200. The van der Waals surface area contributed by atoms with Crippen LogP contribution in [-0.2, 0) is 0 Å². The van der Waals surface area contributed by atoms with E-state index in [1.54, 1.807) is 6.20 Å². The number of urea groups is 1. The summed E-state index contributed by atoms with van der Waals surface area (Å²) >= 11 is 0. The number of fused-ring (bicyclic) bond motifs is 1. The van der Waals surface area contributed by atoms with Gasteiger partial charge in [0.1, 0.15) is 17.5 Å². The minimum absolute atomic E-state index is 0.0302. The van der Waals surface area contributed by atoms with Gasteiger partial charge in [0.25, 0.3) is 0 Å². The van der Waals surface area contributed by atoms with Crippen molar-refractivity contribution in [2.75, 3.05) is 18.4 Å². The Hall–Kier alpha value is -4.01. The van der Waals surface area contributed by atoms with Gasteiger partial charge in [-0.2, -0.15) is 0 Å². The second-order valence-corrected chi connectivity index (χ2v) is 10.2. The number of hydrogen-bond acceptors (Lipinski definition) is 4. The maximum absolute atomic E-state index is 14.4. The van der Waals surface area contributed by atoms with E-state index in [-0.39, 0.29) is 23.6 Å². The molecule has 3 N–H and O–H groups in total. The molecule has 4 aromatic rings. The first-order valence-corrected chi connectivity index (χ1v) is 13.3. The predicted molar refractivity (Wildman–Crippen MR) is 144 cm³/mol. The van der Waals surface area contributed by atoms with Gasteiger partial charge in [-0.15, -0.1) is 0 Å². The second kappa shape index (κ2) is 10.4. The average molecular weight is 517 g/mol. The Morgan fingerprint density at radius 2 is 1.76 bits per heavy atom. The molecule has 196 valence electrons. The monoisotopic (exact) mass is 516 g/mol. The van der Waals surface area contributed by atoms with E-state index in [0.29, 0.717) is 28.3 Å². The van der Waals surface area contributed by atoms with E-state index in [9.17, 15) is 13.6 Å². The summed E-state index contributed by atoms with van der Waals surface area (Å²) < 4.78 is 28.5. The molecule has 0 spiro atoms. The summed E-state index contributed by atoms with van der Waals surface area (Å²) in [7, 11) is 0. The highest BCUT2D eigenvalue weighted by atomic mass is 19.1. The molecule has 1 aliphatic heterocycles. The first-order valence-electron chi connectivity index (χ1n) is 13.3. The summed E-state index contributed by atoms with van der Waals surface area (Å²) in [5.74, 6) is -0.304. The molecule has 38 heavy (non-hydrogen) atoms. The van der Waals surface area contributed by atoms with Crippen LogP contribution in [0.1, 0.15) is 38.5 Å². The molecule has 1 saturated heterocycles. The van der Waals surface area contributed by atoms with Crippen LogP contribution < -0.4 is 10.6 Å². The van der Waals surface area contributed by atoms with Crippen LogP contribution in [0.25, 0.3) is 33.5 Å². The van der Waals surface area contributed by atoms with E-state index in [0.717, 1.165) is 63.2 Å². The van der Waals surface area contributed by atoms with Crippen molar-refractivity contribution >= 4 is 22.8 Å². The quantitative estimate of drug-likeness (QED) is 0.299. The standard InChI is InChI=1S/C29H30F2N6O/c30-19-13-22-23(17-32-27(22)24(31)14-19)28-35-25(18-7-2-1-3-8-18)16-26(36-28)33-20-9-6-10-21(15-20)34-29(38)37-11-4-5-12-37/h1-3,7-8,13-14,16-17,20-21,32H,4-6,9-12,15H2,(H,34,38)(H,33,35,36)/t20-,21+/m1/s1. The van der Waals surface area contributed by atoms with E-state index in [4.69, 9.17) is 9.97 Å². The summed E-state index contributed by atoms with van der Waals surface area (Å²) in [6, 6.07) is 14.1. The molecule has 2 atom stereocenters. The number of halogens is 2. The van der Waals surface area contributed by atoms with Crippen LogP contribution in [0, 0.1) is 11.6 Å². The van der Waals surface area contributed by atoms with Gasteiger partial charge in [-0.3, -0.25) is 0 Å². The number of rotatable bonds is 5. The zero-order valence-electron chi connectivity index (χ0n) is 21.0. The number of anilines is 1. The smallest absolute Gasteiger partial charge is 0.317 e. The lowest BCUT2D eigenvalue weighted by Crippen LogP contribution is -2.47. The lowest BCUT2D eigenvalue weighted by atomic mass is 9.91. The number of aromatic amines is 1. The number of carbonyl (C=O) groups excluding carboxylic acids is 1. The Morgan fingerprint density at radius 1 is 0.974 bits per heavy atom. The van der Waals surface area contributed by atoms with Crippen molar-refractivity contribution in [2.24, 2.45) is 0 Å². The van der Waals surface area contributed by atoms with Crippen LogP contribution in [0.15, 0.2) is 54.7 Å². The highest BCUT2D eigenvalue weighted by molar-refractivity contribution is 5.94. The molecule has 2 aromatic carbocycles. The second-order valence-electron chi connectivity index (χ2n) is 10.2. The molecule has 9 heteroatoms. The number of carbonyl (C=O) groups is 1. The van der Waals surface area contributed by atoms with Crippen molar-refractivity contribution < 1.29 is 13.6 Å². The summed E-state index contributed by atoms with van der Waals surface area (Å²) in [4.78, 5) is 27.0. The highest BCUT2D eigenvalue weighted by Crippen LogP contribution is 2.32. The molecule has 2 aromatic heterocycles. The summed E-state index contributed by atoms with van der Waals surface area (Å²) in [6.07, 6.45) is 7.45. The Balaban J connectivity index is 1.29. The summed E-state index contributed by atoms with van der Waals surface area (Å²) in [6.45, 7) is 1.65. The van der Waals surface area contributed by atoms with Crippen molar-refractivity contribution in [1.29, 1.82) is 0 Å². The normalized spacial score (nSPS) is 19.6. The average Bonchev–Trinajstić information content (AvgIpc) is 3.60. The van der Waals surface area contributed by atoms with E-state index in [2.05, 4.69) is 15.6 Å². The zero-order chi connectivity index (χ0) is 26.1. The highest BCUT2D eigenvalue weighted by Gasteiger charge is 2.27. The van der Waals surface area contributed by atoms with Crippen molar-refractivity contribution in [3.8, 4) is 22.6 Å². The molecule has 0 bridgehead atoms. The van der Waals surface area contributed by atoms with Gasteiger partial charge in [-0.25, -0.2) is 23.5 Å². The van der Waals surface area contributed by atoms with Gasteiger partial charge in [-0.05, 0) is 44.6 Å². The van der Waals surface area contributed by atoms with Crippen LogP contribution in [0.2, 0.25) is 0 Å². The molecule has 1 saturated carbocycles. The Bertz CT molecular complexity index is 1450. The molecule has 2 fully saturated rings. The minimum atomic E-state index is -0.659. The Morgan fingerprint density at radius 3 is 2.58 bits per heavy atom. The maximum Gasteiger partial charge on any atom is 0.317 e. The van der Waals surface area contributed by atoms with Crippen LogP contribution in [0.5, 0.6) is 0 Å². The zero-order valence-corrected chi connectivity index (χ0v) is 21.0. The number of likely N-dealkylation sites (tertiary alicyclic amines) is 1. The van der Waals surface area contributed by atoms with Gasteiger partial charge in [0.2, 0.25) is 0 Å². The Kier molecular flexibility index (Phi) is 6.66. The van der Waals surface area contributed by atoms with E-state index < -0.39 is 11.6 Å². The van der Waals surface area contributed by atoms with Gasteiger partial charge in [-0.1, -0.05) is 30.3 Å². The summed E-state index contributed by atoms with van der Waals surface area (Å²) in [5.41, 5.74) is 2.36. The van der Waals surface area contributed by atoms with Crippen LogP contribution in [0.4, 0.5) is 19.4 Å². The SMILES string of the molecule is O=C(N[C@H]1CCC[C@@H](Nc2cc(-c3ccccc3)nc(-c3c[nH]c4c(F)cc(F)cc34)n2)C1)N1CCCC1. The van der Waals surface area contributed by atoms with Crippen LogP contribution in [-0.4, -0.2) is 51.1 Å². The first kappa shape index (κ1) is 24.3. The van der Waals surface area contributed by atoms with Crippen molar-refractivity contribution in [1.82, 2.24) is 25.2 Å². The largest absolute Gasteiger partial charge is 0.367 e. The first-order chi connectivity index (χ1) is 18.5. The third-order valence-electron chi connectivity index (χ3n) is 7.49. The lowest BCUT2D eigenvalue weighted by Gasteiger charge is -2.32. The fraction of sp³-hybridized carbons (Fsp3) is 0.345. The molecule has 6 rings (SSSR count). The number of aromatic nitrogens is 3. The molecule has 0 radical (unpaired) electrons. The van der Waals surface area contributed by atoms with E-state index >= 15 is 0 Å². The van der Waals surface area contributed by atoms with Crippen molar-refractivity contribution in [2.45, 2.75) is 50.6 Å². The summed E-state index contributed by atoms with van der Waals surface area (Å²) in [5, 5.41) is 7.17. The van der Waals surface area contributed by atoms with Gasteiger partial charge in [0.05, 0.1) is 11.2 Å². The molecule has 7 nitrogen and oxygen atoms in total. The van der Waals surface area contributed by atoms with Crippen LogP contribution >= 0.6 is 0 Å². The van der Waals surface area contributed by atoms with Gasteiger partial charge < -0.3 is 20.5 Å². The minimum Gasteiger partial charge on any atom is -0.367 e. The topological polar surface area (TPSA) is 85.9 Å². The number of amides is 2. The Labute approximate surface area is 219 Å². The van der Waals surface area contributed by atoms with E-state index in [1.165, 1.54) is 6.07 Å². The molecule has 3 heterocycles. The molecular formula is C29H30F2N6O. The number of nitrogens with zero attached hydrogens (tertiary/aromatic N) is 3. The van der Waals surface area contributed by atoms with Crippen molar-refractivity contribution in [3.63, 3.8) is 0 Å². The molecule has 2 aliphatic rings. The molecule has 2 amide bonds. The fourth-order valence-corrected chi connectivity index (χ4v) is 5.59. The van der Waals surface area contributed by atoms with Gasteiger partial charge in [0, 0.05) is 60.0 Å². The van der Waals surface area contributed by atoms with E-state index in [1.807, 2.05) is 41.3 Å². The molecule has 0 unspecified atom stereocenters.